The number of likely N-dealkylation sites (tertiary alicyclic amines) is 1. The number of rotatable bonds is 3. The van der Waals surface area contributed by atoms with Gasteiger partial charge in [-0.3, -0.25) is 4.90 Å². The van der Waals surface area contributed by atoms with Crippen molar-refractivity contribution in [2.24, 2.45) is 0 Å². The molecule has 1 aliphatic rings. The Kier molecular flexibility index (Phi) is 3.91. The summed E-state index contributed by atoms with van der Waals surface area (Å²) in [6, 6.07) is 6.77. The van der Waals surface area contributed by atoms with E-state index in [0.717, 1.165) is 5.56 Å². The van der Waals surface area contributed by atoms with Gasteiger partial charge in [0.2, 0.25) is 0 Å². The van der Waals surface area contributed by atoms with E-state index in [4.69, 9.17) is 0 Å². The van der Waals surface area contributed by atoms with Gasteiger partial charge in [-0.25, -0.2) is 0 Å². The number of hydrogen-bond acceptors (Lipinski definition) is 3. The number of nitrogens with zero attached hydrogens (tertiary/aromatic N) is 1. The Hall–Kier alpha value is -0.650. The molecule has 2 rings (SSSR count). The SMILES string of the molecule is CC(C)(C)N1CC(O)(c2ccc(SC(F)F)cc2)C1. The van der Waals surface area contributed by atoms with Crippen LogP contribution in [0.25, 0.3) is 0 Å². The highest BCUT2D eigenvalue weighted by molar-refractivity contribution is 7.99. The van der Waals surface area contributed by atoms with Crippen molar-refractivity contribution in [1.82, 2.24) is 4.90 Å². The molecule has 0 aliphatic carbocycles. The van der Waals surface area contributed by atoms with E-state index in [2.05, 4.69) is 25.7 Å². The first-order valence-corrected chi connectivity index (χ1v) is 7.11. The van der Waals surface area contributed by atoms with Crippen LogP contribution in [-0.4, -0.2) is 34.4 Å². The molecule has 0 bridgehead atoms. The number of β-amino-alcohol motifs (C(OH)–C–C–N with tert-alkyl or cyclic N) is 1. The lowest BCUT2D eigenvalue weighted by Gasteiger charge is -2.53. The van der Waals surface area contributed by atoms with E-state index in [1.807, 2.05) is 0 Å². The first kappa shape index (κ1) is 14.8. The monoisotopic (exact) mass is 287 g/mol. The van der Waals surface area contributed by atoms with Crippen molar-refractivity contribution in [2.45, 2.75) is 42.6 Å². The average Bonchev–Trinajstić information content (AvgIpc) is 2.23. The second-order valence-corrected chi connectivity index (χ2v) is 7.02. The van der Waals surface area contributed by atoms with Crippen LogP contribution in [-0.2, 0) is 5.60 Å². The maximum absolute atomic E-state index is 12.2. The lowest BCUT2D eigenvalue weighted by Crippen LogP contribution is -2.64. The van der Waals surface area contributed by atoms with Crippen molar-refractivity contribution in [2.75, 3.05) is 13.1 Å². The standard InChI is InChI=1S/C14H19F2NOS/c1-13(2,3)17-8-14(18,9-17)10-4-6-11(7-5-10)19-12(15)16/h4-7,12,18H,8-9H2,1-3H3. The Bertz CT molecular complexity index is 436. The molecule has 0 aromatic heterocycles. The van der Waals surface area contributed by atoms with Crippen LogP contribution in [0, 0.1) is 0 Å². The van der Waals surface area contributed by atoms with Gasteiger partial charge in [-0.05, 0) is 38.5 Å². The number of halogens is 2. The van der Waals surface area contributed by atoms with Gasteiger partial charge in [0.05, 0.1) is 0 Å². The van der Waals surface area contributed by atoms with E-state index < -0.39 is 11.4 Å². The highest BCUT2D eigenvalue weighted by Crippen LogP contribution is 2.37. The lowest BCUT2D eigenvalue weighted by molar-refractivity contribution is -0.137. The zero-order chi connectivity index (χ0) is 14.3. The molecule has 0 spiro atoms. The van der Waals surface area contributed by atoms with Gasteiger partial charge >= 0.3 is 0 Å². The molecule has 0 atom stereocenters. The van der Waals surface area contributed by atoms with Crippen molar-refractivity contribution in [3.63, 3.8) is 0 Å². The van der Waals surface area contributed by atoms with Gasteiger partial charge in [0.25, 0.3) is 5.76 Å². The fourth-order valence-electron chi connectivity index (χ4n) is 2.19. The van der Waals surface area contributed by atoms with Crippen LogP contribution >= 0.6 is 11.8 Å². The van der Waals surface area contributed by atoms with E-state index in [0.29, 0.717) is 29.7 Å². The summed E-state index contributed by atoms with van der Waals surface area (Å²) in [7, 11) is 0. The first-order chi connectivity index (χ1) is 8.71. The number of benzene rings is 1. The molecule has 1 aromatic carbocycles. The molecule has 1 aromatic rings. The fourth-order valence-corrected chi connectivity index (χ4v) is 2.69. The summed E-state index contributed by atoms with van der Waals surface area (Å²) in [6.45, 7) is 7.48. The number of alkyl halides is 2. The third-order valence-electron chi connectivity index (χ3n) is 3.47. The minimum Gasteiger partial charge on any atom is -0.382 e. The van der Waals surface area contributed by atoms with Crippen LogP contribution in [0.5, 0.6) is 0 Å². The van der Waals surface area contributed by atoms with Crippen molar-refractivity contribution >= 4 is 11.8 Å². The zero-order valence-electron chi connectivity index (χ0n) is 11.4. The quantitative estimate of drug-likeness (QED) is 0.863. The summed E-state index contributed by atoms with van der Waals surface area (Å²) < 4.78 is 24.4. The molecule has 1 saturated heterocycles. The Morgan fingerprint density at radius 1 is 1.21 bits per heavy atom. The van der Waals surface area contributed by atoms with Crippen molar-refractivity contribution in [3.8, 4) is 0 Å². The zero-order valence-corrected chi connectivity index (χ0v) is 12.2. The molecular weight excluding hydrogens is 268 g/mol. The van der Waals surface area contributed by atoms with E-state index in [-0.39, 0.29) is 5.54 Å². The van der Waals surface area contributed by atoms with Crippen molar-refractivity contribution < 1.29 is 13.9 Å². The predicted molar refractivity (Wildman–Crippen MR) is 73.5 cm³/mol. The maximum Gasteiger partial charge on any atom is 0.288 e. The Labute approximate surface area is 116 Å². The summed E-state index contributed by atoms with van der Waals surface area (Å²) in [5.74, 6) is -2.41. The van der Waals surface area contributed by atoms with Gasteiger partial charge in [-0.15, -0.1) is 0 Å². The summed E-state index contributed by atoms with van der Waals surface area (Å²) in [5.41, 5.74) is -0.00875. The van der Waals surface area contributed by atoms with Crippen LogP contribution in [0.1, 0.15) is 26.3 Å². The van der Waals surface area contributed by atoms with Gasteiger partial charge in [0.15, 0.2) is 0 Å². The third kappa shape index (κ3) is 3.27. The van der Waals surface area contributed by atoms with E-state index in [9.17, 15) is 13.9 Å². The molecule has 0 amide bonds. The molecule has 0 radical (unpaired) electrons. The van der Waals surface area contributed by atoms with E-state index in [1.54, 1.807) is 24.3 Å². The Balaban J connectivity index is 2.04. The van der Waals surface area contributed by atoms with Crippen molar-refractivity contribution in [1.29, 1.82) is 0 Å². The maximum atomic E-state index is 12.2. The molecule has 0 saturated carbocycles. The van der Waals surface area contributed by atoms with Gasteiger partial charge in [-0.2, -0.15) is 8.78 Å². The minimum atomic E-state index is -2.41. The molecule has 2 nitrogen and oxygen atoms in total. The van der Waals surface area contributed by atoms with Gasteiger partial charge in [-0.1, -0.05) is 23.9 Å². The molecule has 5 heteroatoms. The fraction of sp³-hybridized carbons (Fsp3) is 0.571. The van der Waals surface area contributed by atoms with Crippen LogP contribution in [0.4, 0.5) is 8.78 Å². The number of aliphatic hydroxyl groups is 1. The van der Waals surface area contributed by atoms with Gasteiger partial charge in [0, 0.05) is 23.5 Å². The second kappa shape index (κ2) is 5.04. The molecule has 106 valence electrons. The normalized spacial score (nSPS) is 19.5. The van der Waals surface area contributed by atoms with E-state index in [1.165, 1.54) is 0 Å². The minimum absolute atomic E-state index is 0.0394. The summed E-state index contributed by atoms with van der Waals surface area (Å²) in [5, 5.41) is 10.5. The Morgan fingerprint density at radius 3 is 2.16 bits per heavy atom. The van der Waals surface area contributed by atoms with Gasteiger partial charge < -0.3 is 5.11 Å². The smallest absolute Gasteiger partial charge is 0.288 e. The highest BCUT2D eigenvalue weighted by atomic mass is 32.2. The second-order valence-electron chi connectivity index (χ2n) is 5.96. The molecule has 1 heterocycles. The largest absolute Gasteiger partial charge is 0.382 e. The first-order valence-electron chi connectivity index (χ1n) is 6.23. The van der Waals surface area contributed by atoms with Crippen LogP contribution in [0.2, 0.25) is 0 Å². The van der Waals surface area contributed by atoms with Crippen LogP contribution in [0.3, 0.4) is 0 Å². The van der Waals surface area contributed by atoms with Crippen molar-refractivity contribution in [3.05, 3.63) is 29.8 Å². The van der Waals surface area contributed by atoms with Gasteiger partial charge in [0.1, 0.15) is 5.60 Å². The molecule has 1 aliphatic heterocycles. The third-order valence-corrected chi connectivity index (χ3v) is 4.19. The number of hydrogen-bond donors (Lipinski definition) is 1. The lowest BCUT2D eigenvalue weighted by atomic mass is 9.83. The summed E-state index contributed by atoms with van der Waals surface area (Å²) in [6.07, 6.45) is 0. The molecule has 1 N–H and O–H groups in total. The van der Waals surface area contributed by atoms with Crippen LogP contribution < -0.4 is 0 Å². The topological polar surface area (TPSA) is 23.5 Å². The average molecular weight is 287 g/mol. The highest BCUT2D eigenvalue weighted by Gasteiger charge is 2.46. The molecule has 0 unspecified atom stereocenters. The predicted octanol–water partition coefficient (Wildman–Crippen LogP) is 3.30. The van der Waals surface area contributed by atoms with Crippen LogP contribution in [0.15, 0.2) is 29.2 Å². The number of thioether (sulfide) groups is 1. The molecule has 19 heavy (non-hydrogen) atoms. The molecule has 1 fully saturated rings. The van der Waals surface area contributed by atoms with E-state index >= 15 is 0 Å². The molecular formula is C14H19F2NOS. The Morgan fingerprint density at radius 2 is 1.74 bits per heavy atom. The summed E-state index contributed by atoms with van der Waals surface area (Å²) >= 11 is 0.523. The summed E-state index contributed by atoms with van der Waals surface area (Å²) in [4.78, 5) is 2.71.